The van der Waals surface area contributed by atoms with Crippen molar-refractivity contribution >= 4 is 0 Å². The quantitative estimate of drug-likeness (QED) is 0.655. The van der Waals surface area contributed by atoms with Crippen LogP contribution in [0.3, 0.4) is 0 Å². The Bertz CT molecular complexity index is 365. The number of methoxy groups -OCH3 is 1. The Kier molecular flexibility index (Phi) is 4.93. The standard InChI is InChI=1S/C19H32O2/c1-13-12-18-15(6-4-7-16(13)18)10-11-21-19-9-5-8-17(19)14(2)20-3/h13,15-19H,2,4-12H2,1,3H3. The van der Waals surface area contributed by atoms with Crippen LogP contribution in [0, 0.1) is 29.6 Å². The fourth-order valence-corrected chi connectivity index (χ4v) is 5.25. The molecule has 2 nitrogen and oxygen atoms in total. The number of fused-ring (bicyclic) bond motifs is 1. The molecule has 0 saturated heterocycles. The molecule has 3 aliphatic carbocycles. The van der Waals surface area contributed by atoms with Gasteiger partial charge in [0.25, 0.3) is 0 Å². The Morgan fingerprint density at radius 2 is 1.90 bits per heavy atom. The maximum atomic E-state index is 6.23. The lowest BCUT2D eigenvalue weighted by Crippen LogP contribution is -2.43. The second kappa shape index (κ2) is 6.73. The van der Waals surface area contributed by atoms with Crippen molar-refractivity contribution in [3.8, 4) is 0 Å². The molecule has 3 fully saturated rings. The van der Waals surface area contributed by atoms with Gasteiger partial charge in [0, 0.05) is 12.5 Å². The average Bonchev–Trinajstić information content (AvgIpc) is 2.95. The van der Waals surface area contributed by atoms with E-state index in [4.69, 9.17) is 9.47 Å². The summed E-state index contributed by atoms with van der Waals surface area (Å²) in [6, 6.07) is 0. The van der Waals surface area contributed by atoms with Crippen LogP contribution in [-0.2, 0) is 9.47 Å². The summed E-state index contributed by atoms with van der Waals surface area (Å²) in [7, 11) is 1.73. The number of rotatable bonds is 6. The summed E-state index contributed by atoms with van der Waals surface area (Å²) in [5.41, 5.74) is 0. The molecule has 0 radical (unpaired) electrons. The van der Waals surface area contributed by atoms with Gasteiger partial charge in [-0.2, -0.15) is 0 Å². The number of hydrogen-bond acceptors (Lipinski definition) is 2. The fourth-order valence-electron chi connectivity index (χ4n) is 5.25. The van der Waals surface area contributed by atoms with E-state index in [1.165, 1.54) is 51.4 Å². The van der Waals surface area contributed by atoms with Gasteiger partial charge >= 0.3 is 0 Å². The van der Waals surface area contributed by atoms with Gasteiger partial charge < -0.3 is 9.47 Å². The van der Waals surface area contributed by atoms with E-state index in [0.29, 0.717) is 12.0 Å². The third-order valence-electron chi connectivity index (χ3n) is 6.59. The van der Waals surface area contributed by atoms with Gasteiger partial charge in [-0.15, -0.1) is 0 Å². The molecule has 3 saturated carbocycles. The minimum Gasteiger partial charge on any atom is -0.501 e. The Balaban J connectivity index is 1.42. The van der Waals surface area contributed by atoms with Crippen molar-refractivity contribution in [3.63, 3.8) is 0 Å². The molecule has 120 valence electrons. The predicted octanol–water partition coefficient (Wildman–Crippen LogP) is 4.79. The molecule has 0 aliphatic heterocycles. The molecule has 0 bridgehead atoms. The molecular weight excluding hydrogens is 260 g/mol. The number of ether oxygens (including phenoxy) is 2. The zero-order chi connectivity index (χ0) is 14.8. The first kappa shape index (κ1) is 15.4. The lowest BCUT2D eigenvalue weighted by Gasteiger charge is -2.51. The first-order valence-electron chi connectivity index (χ1n) is 9.05. The van der Waals surface area contributed by atoms with Gasteiger partial charge in [0.15, 0.2) is 0 Å². The van der Waals surface area contributed by atoms with E-state index >= 15 is 0 Å². The Labute approximate surface area is 130 Å². The van der Waals surface area contributed by atoms with Gasteiger partial charge in [-0.05, 0) is 55.8 Å². The van der Waals surface area contributed by atoms with Gasteiger partial charge in [0.2, 0.25) is 0 Å². The molecule has 3 aliphatic rings. The zero-order valence-electron chi connectivity index (χ0n) is 13.9. The normalized spacial score (nSPS) is 42.2. The van der Waals surface area contributed by atoms with E-state index in [-0.39, 0.29) is 0 Å². The van der Waals surface area contributed by atoms with Gasteiger partial charge in [0.1, 0.15) is 0 Å². The van der Waals surface area contributed by atoms with E-state index in [1.54, 1.807) is 7.11 Å². The molecule has 0 aromatic carbocycles. The summed E-state index contributed by atoms with van der Waals surface area (Å²) in [4.78, 5) is 0. The molecule has 6 unspecified atom stereocenters. The molecule has 3 rings (SSSR count). The van der Waals surface area contributed by atoms with E-state index < -0.39 is 0 Å². The van der Waals surface area contributed by atoms with Crippen molar-refractivity contribution in [2.24, 2.45) is 29.6 Å². The second-order valence-corrected chi connectivity index (χ2v) is 7.64. The highest BCUT2D eigenvalue weighted by molar-refractivity contribution is 4.99. The maximum absolute atomic E-state index is 6.23. The van der Waals surface area contributed by atoms with Crippen molar-refractivity contribution < 1.29 is 9.47 Å². The van der Waals surface area contributed by atoms with E-state index in [2.05, 4.69) is 13.5 Å². The first-order valence-corrected chi connectivity index (χ1v) is 9.05. The van der Waals surface area contributed by atoms with Crippen molar-refractivity contribution in [2.45, 2.75) is 64.4 Å². The van der Waals surface area contributed by atoms with Crippen LogP contribution in [0.25, 0.3) is 0 Å². The third-order valence-corrected chi connectivity index (χ3v) is 6.59. The molecule has 0 aromatic rings. The Hall–Kier alpha value is -0.500. The lowest BCUT2D eigenvalue weighted by atomic mass is 9.55. The molecule has 0 spiro atoms. The summed E-state index contributed by atoms with van der Waals surface area (Å²) < 4.78 is 11.6. The average molecular weight is 292 g/mol. The SMILES string of the molecule is C=C(OC)C1CCCC1OCCC1CCCC2C(C)CC12. The van der Waals surface area contributed by atoms with Crippen LogP contribution in [0.4, 0.5) is 0 Å². The molecular formula is C19H32O2. The summed E-state index contributed by atoms with van der Waals surface area (Å²) >= 11 is 0. The number of hydrogen-bond donors (Lipinski definition) is 0. The first-order chi connectivity index (χ1) is 10.2. The van der Waals surface area contributed by atoms with Gasteiger partial charge in [-0.25, -0.2) is 0 Å². The Morgan fingerprint density at radius 1 is 1.10 bits per heavy atom. The highest BCUT2D eigenvalue weighted by Gasteiger charge is 2.44. The summed E-state index contributed by atoms with van der Waals surface area (Å²) in [6.07, 6.45) is 11.1. The third kappa shape index (κ3) is 3.16. The molecule has 0 heterocycles. The highest BCUT2D eigenvalue weighted by Crippen LogP contribution is 2.52. The molecule has 0 aromatic heterocycles. The van der Waals surface area contributed by atoms with Crippen molar-refractivity contribution in [1.29, 1.82) is 0 Å². The monoisotopic (exact) mass is 292 g/mol. The zero-order valence-corrected chi connectivity index (χ0v) is 13.9. The Morgan fingerprint density at radius 3 is 2.67 bits per heavy atom. The van der Waals surface area contributed by atoms with Gasteiger partial charge in [-0.3, -0.25) is 0 Å². The van der Waals surface area contributed by atoms with Crippen LogP contribution in [0.5, 0.6) is 0 Å². The van der Waals surface area contributed by atoms with Gasteiger partial charge in [-0.1, -0.05) is 32.8 Å². The summed E-state index contributed by atoms with van der Waals surface area (Å²) in [5.74, 6) is 5.33. The molecule has 0 amide bonds. The topological polar surface area (TPSA) is 18.5 Å². The minimum atomic E-state index is 0.358. The summed E-state index contributed by atoms with van der Waals surface area (Å²) in [6.45, 7) is 7.43. The maximum Gasteiger partial charge on any atom is 0.0940 e. The summed E-state index contributed by atoms with van der Waals surface area (Å²) in [5, 5.41) is 0. The van der Waals surface area contributed by atoms with Crippen molar-refractivity contribution in [2.75, 3.05) is 13.7 Å². The largest absolute Gasteiger partial charge is 0.501 e. The van der Waals surface area contributed by atoms with E-state index in [0.717, 1.165) is 36.0 Å². The fraction of sp³-hybridized carbons (Fsp3) is 0.895. The molecule has 2 heteroatoms. The van der Waals surface area contributed by atoms with Gasteiger partial charge in [0.05, 0.1) is 19.0 Å². The highest BCUT2D eigenvalue weighted by atomic mass is 16.5. The van der Waals surface area contributed by atoms with Crippen LogP contribution < -0.4 is 0 Å². The van der Waals surface area contributed by atoms with Crippen LogP contribution >= 0.6 is 0 Å². The van der Waals surface area contributed by atoms with Crippen molar-refractivity contribution in [1.82, 2.24) is 0 Å². The minimum absolute atomic E-state index is 0.358. The lowest BCUT2D eigenvalue weighted by molar-refractivity contribution is -0.0347. The molecule has 6 atom stereocenters. The molecule has 21 heavy (non-hydrogen) atoms. The predicted molar refractivity (Wildman–Crippen MR) is 85.9 cm³/mol. The van der Waals surface area contributed by atoms with Crippen LogP contribution in [0.2, 0.25) is 0 Å². The van der Waals surface area contributed by atoms with Crippen LogP contribution in [0.15, 0.2) is 12.3 Å². The van der Waals surface area contributed by atoms with Crippen LogP contribution in [-0.4, -0.2) is 19.8 Å². The van der Waals surface area contributed by atoms with Crippen LogP contribution in [0.1, 0.15) is 58.3 Å². The van der Waals surface area contributed by atoms with Crippen molar-refractivity contribution in [3.05, 3.63) is 12.3 Å². The van der Waals surface area contributed by atoms with E-state index in [9.17, 15) is 0 Å². The second-order valence-electron chi connectivity index (χ2n) is 7.64. The van der Waals surface area contributed by atoms with E-state index in [1.807, 2.05) is 0 Å². The smallest absolute Gasteiger partial charge is 0.0940 e. The molecule has 0 N–H and O–H groups in total.